The van der Waals surface area contributed by atoms with Crippen LogP contribution in [-0.4, -0.2) is 61.9 Å². The summed E-state index contributed by atoms with van der Waals surface area (Å²) in [7, 11) is 0. The van der Waals surface area contributed by atoms with Crippen molar-refractivity contribution in [2.75, 3.05) is 31.1 Å². The quantitative estimate of drug-likeness (QED) is 0.628. The molecule has 1 saturated carbocycles. The predicted octanol–water partition coefficient (Wildman–Crippen LogP) is 2.97. The minimum Gasteiger partial charge on any atom is -0.351 e. The standard InChI is InChI=1S/C22H26FN7O/c23-17-6-3-7-18(14-17)30-22-20(26-27-30)21(24-15-25-22)29-12-10-28(11-13-29)19(31)9-8-16-4-1-2-5-16/h3,6-7,14-16H,1-2,4-5,8-13H2. The van der Waals surface area contributed by atoms with Crippen molar-refractivity contribution in [2.45, 2.75) is 38.5 Å². The minimum atomic E-state index is -0.343. The Labute approximate surface area is 180 Å². The number of amides is 1. The number of aromatic nitrogens is 5. The van der Waals surface area contributed by atoms with Crippen LogP contribution in [0.5, 0.6) is 0 Å². The number of fused-ring (bicyclic) bond motifs is 1. The first-order valence-corrected chi connectivity index (χ1v) is 11.0. The van der Waals surface area contributed by atoms with E-state index in [0.29, 0.717) is 55.3 Å². The molecule has 5 rings (SSSR count). The largest absolute Gasteiger partial charge is 0.351 e. The maximum atomic E-state index is 13.6. The summed E-state index contributed by atoms with van der Waals surface area (Å²) in [6.45, 7) is 2.72. The van der Waals surface area contributed by atoms with Crippen LogP contribution in [0.25, 0.3) is 16.9 Å². The molecule has 1 aromatic carbocycles. The SMILES string of the molecule is O=C(CCC1CCCC1)N1CCN(c2ncnc3c2nnn3-c2cccc(F)c2)CC1. The summed E-state index contributed by atoms with van der Waals surface area (Å²) < 4.78 is 15.2. The molecule has 8 nitrogen and oxygen atoms in total. The Morgan fingerprint density at radius 2 is 1.90 bits per heavy atom. The number of nitrogens with zero attached hydrogens (tertiary/aromatic N) is 7. The van der Waals surface area contributed by atoms with E-state index in [9.17, 15) is 9.18 Å². The van der Waals surface area contributed by atoms with Crippen LogP contribution in [-0.2, 0) is 4.79 Å². The summed E-state index contributed by atoms with van der Waals surface area (Å²) in [4.78, 5) is 25.5. The smallest absolute Gasteiger partial charge is 0.222 e. The maximum absolute atomic E-state index is 13.6. The molecule has 1 amide bonds. The Morgan fingerprint density at radius 3 is 2.68 bits per heavy atom. The molecular weight excluding hydrogens is 397 g/mol. The molecule has 9 heteroatoms. The van der Waals surface area contributed by atoms with E-state index in [2.05, 4.69) is 25.2 Å². The van der Waals surface area contributed by atoms with Crippen LogP contribution in [0.4, 0.5) is 10.2 Å². The van der Waals surface area contributed by atoms with Crippen molar-refractivity contribution in [3.8, 4) is 5.69 Å². The van der Waals surface area contributed by atoms with Crippen molar-refractivity contribution < 1.29 is 9.18 Å². The van der Waals surface area contributed by atoms with Crippen LogP contribution in [0.15, 0.2) is 30.6 Å². The van der Waals surface area contributed by atoms with Crippen LogP contribution in [0.2, 0.25) is 0 Å². The molecule has 1 aliphatic carbocycles. The molecule has 0 atom stereocenters. The van der Waals surface area contributed by atoms with Gasteiger partial charge in [0.2, 0.25) is 5.91 Å². The average Bonchev–Trinajstić information content (AvgIpc) is 3.47. The lowest BCUT2D eigenvalue weighted by Gasteiger charge is -2.35. The molecule has 0 unspecified atom stereocenters. The van der Waals surface area contributed by atoms with Gasteiger partial charge >= 0.3 is 0 Å². The molecule has 2 fully saturated rings. The van der Waals surface area contributed by atoms with E-state index in [1.807, 2.05) is 4.90 Å². The maximum Gasteiger partial charge on any atom is 0.222 e. The fraction of sp³-hybridized carbons (Fsp3) is 0.500. The highest BCUT2D eigenvalue weighted by Crippen LogP contribution is 2.29. The van der Waals surface area contributed by atoms with Gasteiger partial charge in [-0.15, -0.1) is 5.10 Å². The van der Waals surface area contributed by atoms with Gasteiger partial charge in [0.05, 0.1) is 5.69 Å². The van der Waals surface area contributed by atoms with Gasteiger partial charge in [-0.05, 0) is 30.5 Å². The van der Waals surface area contributed by atoms with Gasteiger partial charge in [0, 0.05) is 32.6 Å². The zero-order valence-electron chi connectivity index (χ0n) is 17.5. The lowest BCUT2D eigenvalue weighted by atomic mass is 10.0. The topological polar surface area (TPSA) is 80.0 Å². The van der Waals surface area contributed by atoms with E-state index >= 15 is 0 Å². The highest BCUT2D eigenvalue weighted by Gasteiger charge is 2.25. The van der Waals surface area contributed by atoms with Crippen LogP contribution in [0.3, 0.4) is 0 Å². The summed E-state index contributed by atoms with van der Waals surface area (Å²) in [5, 5.41) is 8.44. The first-order valence-electron chi connectivity index (χ1n) is 11.0. The molecule has 2 aliphatic rings. The molecule has 0 N–H and O–H groups in total. The van der Waals surface area contributed by atoms with Crippen LogP contribution < -0.4 is 4.90 Å². The molecule has 0 bridgehead atoms. The van der Waals surface area contributed by atoms with Crippen molar-refractivity contribution >= 4 is 22.9 Å². The van der Waals surface area contributed by atoms with Crippen LogP contribution in [0.1, 0.15) is 38.5 Å². The fourth-order valence-corrected chi connectivity index (χ4v) is 4.70. The molecule has 1 aliphatic heterocycles. The van der Waals surface area contributed by atoms with Crippen molar-refractivity contribution in [3.05, 3.63) is 36.4 Å². The van der Waals surface area contributed by atoms with E-state index in [1.165, 1.54) is 48.8 Å². The third-order valence-electron chi connectivity index (χ3n) is 6.44. The highest BCUT2D eigenvalue weighted by molar-refractivity contribution is 5.84. The second kappa shape index (κ2) is 8.56. The summed E-state index contributed by atoms with van der Waals surface area (Å²) in [5.74, 6) is 1.35. The highest BCUT2D eigenvalue weighted by atomic mass is 19.1. The van der Waals surface area contributed by atoms with Gasteiger partial charge < -0.3 is 9.80 Å². The number of halogens is 1. The van der Waals surface area contributed by atoms with Crippen LogP contribution in [0, 0.1) is 11.7 Å². The summed E-state index contributed by atoms with van der Waals surface area (Å²) in [6, 6.07) is 6.17. The first-order chi connectivity index (χ1) is 15.2. The molecule has 2 aromatic heterocycles. The van der Waals surface area contributed by atoms with E-state index < -0.39 is 0 Å². The van der Waals surface area contributed by atoms with E-state index in [1.54, 1.807) is 12.1 Å². The van der Waals surface area contributed by atoms with Gasteiger partial charge in [0.25, 0.3) is 0 Å². The van der Waals surface area contributed by atoms with Crippen molar-refractivity contribution in [3.63, 3.8) is 0 Å². The Kier molecular flexibility index (Phi) is 5.48. The Hall–Kier alpha value is -3.10. The summed E-state index contributed by atoms with van der Waals surface area (Å²) in [6.07, 6.45) is 8.35. The molecule has 31 heavy (non-hydrogen) atoms. The monoisotopic (exact) mass is 423 g/mol. The van der Waals surface area contributed by atoms with Gasteiger partial charge in [-0.3, -0.25) is 4.79 Å². The third-order valence-corrected chi connectivity index (χ3v) is 6.44. The number of benzene rings is 1. The summed E-state index contributed by atoms with van der Waals surface area (Å²) in [5.41, 5.74) is 1.67. The summed E-state index contributed by atoms with van der Waals surface area (Å²) >= 11 is 0. The molecule has 0 radical (unpaired) electrons. The van der Waals surface area contributed by atoms with E-state index in [-0.39, 0.29) is 11.7 Å². The van der Waals surface area contributed by atoms with Gasteiger partial charge in [-0.25, -0.2) is 14.4 Å². The molecular formula is C22H26FN7O. The lowest BCUT2D eigenvalue weighted by molar-refractivity contribution is -0.131. The number of anilines is 1. The van der Waals surface area contributed by atoms with Crippen molar-refractivity contribution in [2.24, 2.45) is 5.92 Å². The number of piperazine rings is 1. The molecule has 3 aromatic rings. The van der Waals surface area contributed by atoms with E-state index in [4.69, 9.17) is 0 Å². The third kappa shape index (κ3) is 4.08. The number of hydrogen-bond donors (Lipinski definition) is 0. The first kappa shape index (κ1) is 19.8. The zero-order valence-corrected chi connectivity index (χ0v) is 17.5. The van der Waals surface area contributed by atoms with Gasteiger partial charge in [0.15, 0.2) is 17.0 Å². The molecule has 0 spiro atoms. The fourth-order valence-electron chi connectivity index (χ4n) is 4.70. The molecule has 1 saturated heterocycles. The molecule has 3 heterocycles. The van der Waals surface area contributed by atoms with Gasteiger partial charge in [-0.2, -0.15) is 4.68 Å². The average molecular weight is 423 g/mol. The number of hydrogen-bond acceptors (Lipinski definition) is 6. The Balaban J connectivity index is 1.27. The predicted molar refractivity (Wildman–Crippen MR) is 114 cm³/mol. The Bertz CT molecular complexity index is 1070. The lowest BCUT2D eigenvalue weighted by Crippen LogP contribution is -2.49. The second-order valence-electron chi connectivity index (χ2n) is 8.41. The molecule has 162 valence electrons. The van der Waals surface area contributed by atoms with Gasteiger partial charge in [0.1, 0.15) is 12.1 Å². The van der Waals surface area contributed by atoms with Crippen molar-refractivity contribution in [1.82, 2.24) is 29.9 Å². The second-order valence-corrected chi connectivity index (χ2v) is 8.41. The minimum absolute atomic E-state index is 0.261. The van der Waals surface area contributed by atoms with Crippen molar-refractivity contribution in [1.29, 1.82) is 0 Å². The number of carbonyl (C=O) groups excluding carboxylic acids is 1. The Morgan fingerprint density at radius 1 is 1.10 bits per heavy atom. The number of rotatable bonds is 5. The van der Waals surface area contributed by atoms with Gasteiger partial charge in [-0.1, -0.05) is 37.0 Å². The van der Waals surface area contributed by atoms with Crippen LogP contribution >= 0.6 is 0 Å². The normalized spacial score (nSPS) is 17.6. The zero-order chi connectivity index (χ0) is 21.2. The number of carbonyl (C=O) groups is 1. The van der Waals surface area contributed by atoms with E-state index in [0.717, 1.165) is 12.3 Å².